The first kappa shape index (κ1) is 10.1. The second-order valence-corrected chi connectivity index (χ2v) is 4.04. The van der Waals surface area contributed by atoms with E-state index in [0.717, 1.165) is 17.9 Å². The van der Waals surface area contributed by atoms with Crippen molar-refractivity contribution < 1.29 is 0 Å². The summed E-state index contributed by atoms with van der Waals surface area (Å²) in [6.45, 7) is 0.776. The predicted octanol–water partition coefficient (Wildman–Crippen LogP) is 2.74. The molecule has 2 rings (SSSR count). The van der Waals surface area contributed by atoms with Gasteiger partial charge < -0.3 is 5.32 Å². The number of hydrogen-bond acceptors (Lipinski definition) is 3. The lowest BCUT2D eigenvalue weighted by atomic mass is 10.3. The Kier molecular flexibility index (Phi) is 3.29. The van der Waals surface area contributed by atoms with Gasteiger partial charge in [0, 0.05) is 16.8 Å². The van der Waals surface area contributed by atoms with Crippen molar-refractivity contribution in [2.45, 2.75) is 11.4 Å². The standard InChI is InChI=1S/C11H13N3S/c1-15-11-4-2-9(3-5-11)12-8-10-6-7-13-14-10/h2-7,12H,8H2,1H3,(H,13,14). The average Bonchev–Trinajstić information content (AvgIpc) is 2.80. The minimum absolute atomic E-state index is 0.776. The fraction of sp³-hybridized carbons (Fsp3) is 0.182. The van der Waals surface area contributed by atoms with Gasteiger partial charge in [-0.3, -0.25) is 5.10 Å². The third-order valence-corrected chi connectivity index (χ3v) is 2.87. The van der Waals surface area contributed by atoms with E-state index < -0.39 is 0 Å². The zero-order valence-electron chi connectivity index (χ0n) is 8.53. The Balaban J connectivity index is 1.93. The summed E-state index contributed by atoms with van der Waals surface area (Å²) in [5.41, 5.74) is 2.21. The molecule has 2 aromatic rings. The van der Waals surface area contributed by atoms with Crippen LogP contribution in [0.3, 0.4) is 0 Å². The molecule has 0 saturated carbocycles. The molecule has 0 aliphatic carbocycles. The molecule has 0 aliphatic heterocycles. The van der Waals surface area contributed by atoms with Crippen LogP contribution in [-0.4, -0.2) is 16.5 Å². The quantitative estimate of drug-likeness (QED) is 0.777. The third kappa shape index (κ3) is 2.76. The summed E-state index contributed by atoms with van der Waals surface area (Å²) in [4.78, 5) is 1.28. The second-order valence-electron chi connectivity index (χ2n) is 3.16. The van der Waals surface area contributed by atoms with E-state index in [-0.39, 0.29) is 0 Å². The number of aromatic amines is 1. The number of anilines is 1. The van der Waals surface area contributed by atoms with Gasteiger partial charge in [0.1, 0.15) is 0 Å². The summed E-state index contributed by atoms with van der Waals surface area (Å²) in [7, 11) is 0. The molecule has 0 amide bonds. The molecule has 0 atom stereocenters. The molecule has 1 aromatic carbocycles. The third-order valence-electron chi connectivity index (χ3n) is 2.13. The Morgan fingerprint density at radius 1 is 1.27 bits per heavy atom. The molecule has 4 heteroatoms. The zero-order valence-corrected chi connectivity index (χ0v) is 9.34. The van der Waals surface area contributed by atoms with E-state index >= 15 is 0 Å². The molecule has 0 spiro atoms. The molecule has 1 heterocycles. The van der Waals surface area contributed by atoms with Gasteiger partial charge in [0.2, 0.25) is 0 Å². The maximum Gasteiger partial charge on any atom is 0.0567 e. The molecular formula is C11H13N3S. The van der Waals surface area contributed by atoms with Crippen molar-refractivity contribution in [1.29, 1.82) is 0 Å². The van der Waals surface area contributed by atoms with Gasteiger partial charge in [-0.25, -0.2) is 0 Å². The first-order chi connectivity index (χ1) is 7.38. The van der Waals surface area contributed by atoms with E-state index in [1.54, 1.807) is 18.0 Å². The van der Waals surface area contributed by atoms with Crippen molar-refractivity contribution in [1.82, 2.24) is 10.2 Å². The molecule has 3 nitrogen and oxygen atoms in total. The highest BCUT2D eigenvalue weighted by molar-refractivity contribution is 7.98. The van der Waals surface area contributed by atoms with Crippen molar-refractivity contribution in [3.05, 3.63) is 42.2 Å². The highest BCUT2D eigenvalue weighted by Gasteiger charge is 1.95. The molecule has 1 aromatic heterocycles. The van der Waals surface area contributed by atoms with Crippen LogP contribution in [0.25, 0.3) is 0 Å². The lowest BCUT2D eigenvalue weighted by Crippen LogP contribution is -1.99. The number of nitrogens with zero attached hydrogens (tertiary/aromatic N) is 1. The molecule has 0 aliphatic rings. The topological polar surface area (TPSA) is 40.7 Å². The van der Waals surface area contributed by atoms with Crippen molar-refractivity contribution in [2.24, 2.45) is 0 Å². The van der Waals surface area contributed by atoms with E-state index in [2.05, 4.69) is 46.0 Å². The van der Waals surface area contributed by atoms with Gasteiger partial charge in [-0.05, 0) is 36.6 Å². The van der Waals surface area contributed by atoms with Gasteiger partial charge in [0.05, 0.1) is 12.2 Å². The molecule has 0 unspecified atom stereocenters. The van der Waals surface area contributed by atoms with E-state index in [1.807, 2.05) is 6.07 Å². The number of nitrogens with one attached hydrogen (secondary N) is 2. The highest BCUT2D eigenvalue weighted by Crippen LogP contribution is 2.17. The summed E-state index contributed by atoms with van der Waals surface area (Å²) in [6, 6.07) is 10.4. The minimum atomic E-state index is 0.776. The van der Waals surface area contributed by atoms with Crippen LogP contribution in [0.4, 0.5) is 5.69 Å². The first-order valence-electron chi connectivity index (χ1n) is 4.74. The second kappa shape index (κ2) is 4.89. The summed E-state index contributed by atoms with van der Waals surface area (Å²) in [5.74, 6) is 0. The van der Waals surface area contributed by atoms with E-state index in [4.69, 9.17) is 0 Å². The Morgan fingerprint density at radius 3 is 2.67 bits per heavy atom. The van der Waals surface area contributed by atoms with Crippen LogP contribution in [0.2, 0.25) is 0 Å². The molecule has 0 bridgehead atoms. The molecule has 2 N–H and O–H groups in total. The van der Waals surface area contributed by atoms with Gasteiger partial charge in [-0.2, -0.15) is 5.10 Å². The number of benzene rings is 1. The maximum absolute atomic E-state index is 3.89. The van der Waals surface area contributed by atoms with E-state index in [0.29, 0.717) is 0 Å². The fourth-order valence-corrected chi connectivity index (χ4v) is 1.70. The van der Waals surface area contributed by atoms with Crippen LogP contribution >= 0.6 is 11.8 Å². The van der Waals surface area contributed by atoms with Crippen molar-refractivity contribution in [3.8, 4) is 0 Å². The summed E-state index contributed by atoms with van der Waals surface area (Å²) in [5, 5.41) is 10.1. The molecule has 0 radical (unpaired) electrons. The summed E-state index contributed by atoms with van der Waals surface area (Å²) in [6.07, 6.45) is 3.83. The Hall–Kier alpha value is -1.42. The van der Waals surface area contributed by atoms with Crippen molar-refractivity contribution >= 4 is 17.4 Å². The minimum Gasteiger partial charge on any atom is -0.379 e. The SMILES string of the molecule is CSc1ccc(NCc2ccn[nH]2)cc1. The molecule has 15 heavy (non-hydrogen) atoms. The zero-order chi connectivity index (χ0) is 10.5. The van der Waals surface area contributed by atoms with Gasteiger partial charge in [0.25, 0.3) is 0 Å². The van der Waals surface area contributed by atoms with Gasteiger partial charge in [-0.1, -0.05) is 0 Å². The van der Waals surface area contributed by atoms with Crippen LogP contribution in [0.1, 0.15) is 5.69 Å². The first-order valence-corrected chi connectivity index (χ1v) is 5.97. The monoisotopic (exact) mass is 219 g/mol. The normalized spacial score (nSPS) is 10.2. The Morgan fingerprint density at radius 2 is 2.07 bits per heavy atom. The lowest BCUT2D eigenvalue weighted by molar-refractivity contribution is 0.981. The summed E-state index contributed by atoms with van der Waals surface area (Å²) < 4.78 is 0. The molecule has 0 fully saturated rings. The predicted molar refractivity (Wildman–Crippen MR) is 64.1 cm³/mol. The van der Waals surface area contributed by atoms with Crippen LogP contribution in [0.5, 0.6) is 0 Å². The molecular weight excluding hydrogens is 206 g/mol. The number of aromatic nitrogens is 2. The number of hydrogen-bond donors (Lipinski definition) is 2. The Labute approximate surface area is 93.3 Å². The highest BCUT2D eigenvalue weighted by atomic mass is 32.2. The summed E-state index contributed by atoms with van der Waals surface area (Å²) >= 11 is 1.75. The van der Waals surface area contributed by atoms with E-state index in [1.165, 1.54) is 4.90 Å². The van der Waals surface area contributed by atoms with Crippen molar-refractivity contribution in [2.75, 3.05) is 11.6 Å². The van der Waals surface area contributed by atoms with Gasteiger partial charge in [-0.15, -0.1) is 11.8 Å². The number of thioether (sulfide) groups is 1. The van der Waals surface area contributed by atoms with Crippen LogP contribution < -0.4 is 5.32 Å². The fourth-order valence-electron chi connectivity index (χ4n) is 1.29. The number of H-pyrrole nitrogens is 1. The van der Waals surface area contributed by atoms with E-state index in [9.17, 15) is 0 Å². The average molecular weight is 219 g/mol. The van der Waals surface area contributed by atoms with Crippen LogP contribution in [0, 0.1) is 0 Å². The smallest absolute Gasteiger partial charge is 0.0567 e. The lowest BCUT2D eigenvalue weighted by Gasteiger charge is -2.05. The number of rotatable bonds is 4. The van der Waals surface area contributed by atoms with Gasteiger partial charge >= 0.3 is 0 Å². The maximum atomic E-state index is 3.89. The van der Waals surface area contributed by atoms with Gasteiger partial charge in [0.15, 0.2) is 0 Å². The van der Waals surface area contributed by atoms with Crippen LogP contribution in [0.15, 0.2) is 41.4 Å². The van der Waals surface area contributed by atoms with Crippen LogP contribution in [-0.2, 0) is 6.54 Å². The molecule has 0 saturated heterocycles. The van der Waals surface area contributed by atoms with Crippen molar-refractivity contribution in [3.63, 3.8) is 0 Å². The largest absolute Gasteiger partial charge is 0.379 e. The Bertz CT molecular complexity index is 394. The molecule has 78 valence electrons.